The molecule has 0 radical (unpaired) electrons. The summed E-state index contributed by atoms with van der Waals surface area (Å²) in [5.41, 5.74) is 0. The van der Waals surface area contributed by atoms with Gasteiger partial charge < -0.3 is 14.5 Å². The van der Waals surface area contributed by atoms with Crippen LogP contribution in [0.3, 0.4) is 0 Å². The van der Waals surface area contributed by atoms with Crippen LogP contribution in [0.25, 0.3) is 0 Å². The number of piperazine rings is 1. The van der Waals surface area contributed by atoms with E-state index in [1.165, 1.54) is 6.33 Å². The highest BCUT2D eigenvalue weighted by atomic mass is 35.5. The molecule has 1 aliphatic heterocycles. The Morgan fingerprint density at radius 3 is 2.54 bits per heavy atom. The number of nitrogens with zero attached hydrogens (tertiary/aromatic N) is 4. The van der Waals surface area contributed by atoms with Gasteiger partial charge >= 0.3 is 0 Å². The third-order valence-corrected chi connectivity index (χ3v) is 4.17. The third-order valence-electron chi connectivity index (χ3n) is 3.92. The maximum Gasteiger partial charge on any atom is 0.224 e. The first-order valence-electron chi connectivity index (χ1n) is 7.94. The second-order valence-electron chi connectivity index (χ2n) is 5.49. The summed E-state index contributed by atoms with van der Waals surface area (Å²) in [5, 5.41) is 0.658. The molecule has 0 saturated carbocycles. The fraction of sp³-hybridized carbons (Fsp3) is 0.353. The topological polar surface area (TPSA) is 58.6 Å². The molecule has 2 aromatic rings. The number of anilines is 1. The van der Waals surface area contributed by atoms with Crippen LogP contribution in [0.5, 0.6) is 11.6 Å². The summed E-state index contributed by atoms with van der Waals surface area (Å²) < 4.78 is 5.74. The van der Waals surface area contributed by atoms with Crippen molar-refractivity contribution in [1.29, 1.82) is 0 Å². The van der Waals surface area contributed by atoms with Crippen molar-refractivity contribution in [2.45, 2.75) is 13.3 Å². The third kappa shape index (κ3) is 3.94. The standard InChI is InChI=1S/C17H19ClN4O2/c1-2-17(23)22-9-7-21(8-10-22)15-11-16(20-12-19-15)24-14-5-3-13(18)4-6-14/h3-6,11-12H,2,7-10H2,1H3. The van der Waals surface area contributed by atoms with Crippen molar-refractivity contribution >= 4 is 23.3 Å². The molecule has 3 rings (SSSR count). The van der Waals surface area contributed by atoms with E-state index in [0.717, 1.165) is 18.9 Å². The number of carbonyl (C=O) groups is 1. The molecule has 0 bridgehead atoms. The van der Waals surface area contributed by atoms with Crippen LogP contribution in [0.15, 0.2) is 36.7 Å². The Kier molecular flexibility index (Phi) is 5.15. The van der Waals surface area contributed by atoms with Gasteiger partial charge in [-0.2, -0.15) is 0 Å². The molecule has 7 heteroatoms. The average Bonchev–Trinajstić information content (AvgIpc) is 2.63. The zero-order valence-electron chi connectivity index (χ0n) is 13.5. The summed E-state index contributed by atoms with van der Waals surface area (Å²) in [4.78, 5) is 24.2. The van der Waals surface area contributed by atoms with Crippen molar-refractivity contribution < 1.29 is 9.53 Å². The summed E-state index contributed by atoms with van der Waals surface area (Å²) in [6, 6.07) is 8.93. The number of amides is 1. The summed E-state index contributed by atoms with van der Waals surface area (Å²) >= 11 is 5.87. The Bertz CT molecular complexity index is 700. The van der Waals surface area contributed by atoms with Crippen LogP contribution in [0, 0.1) is 0 Å². The van der Waals surface area contributed by atoms with E-state index in [0.29, 0.717) is 36.2 Å². The van der Waals surface area contributed by atoms with E-state index in [1.54, 1.807) is 24.3 Å². The largest absolute Gasteiger partial charge is 0.439 e. The highest BCUT2D eigenvalue weighted by Crippen LogP contribution is 2.24. The molecule has 0 N–H and O–H groups in total. The molecule has 0 aliphatic carbocycles. The van der Waals surface area contributed by atoms with Crippen molar-refractivity contribution in [3.8, 4) is 11.6 Å². The first-order valence-corrected chi connectivity index (χ1v) is 8.31. The van der Waals surface area contributed by atoms with Crippen LogP contribution in [0.1, 0.15) is 13.3 Å². The molecule has 1 fully saturated rings. The van der Waals surface area contributed by atoms with Crippen LogP contribution in [0.2, 0.25) is 5.02 Å². The minimum Gasteiger partial charge on any atom is -0.439 e. The van der Waals surface area contributed by atoms with Gasteiger partial charge in [0.25, 0.3) is 0 Å². The lowest BCUT2D eigenvalue weighted by molar-refractivity contribution is -0.131. The molecular formula is C17H19ClN4O2. The molecule has 0 unspecified atom stereocenters. The summed E-state index contributed by atoms with van der Waals surface area (Å²) in [6.07, 6.45) is 2.04. The lowest BCUT2D eigenvalue weighted by atomic mass is 10.3. The summed E-state index contributed by atoms with van der Waals surface area (Å²) in [6.45, 7) is 4.82. The monoisotopic (exact) mass is 346 g/mol. The van der Waals surface area contributed by atoms with Gasteiger partial charge in [0, 0.05) is 43.7 Å². The van der Waals surface area contributed by atoms with Gasteiger partial charge in [0.2, 0.25) is 11.8 Å². The van der Waals surface area contributed by atoms with Crippen LogP contribution < -0.4 is 9.64 Å². The van der Waals surface area contributed by atoms with Gasteiger partial charge in [0.05, 0.1) is 0 Å². The van der Waals surface area contributed by atoms with Crippen molar-refractivity contribution in [3.63, 3.8) is 0 Å². The number of aromatic nitrogens is 2. The Hall–Kier alpha value is -2.34. The van der Waals surface area contributed by atoms with E-state index < -0.39 is 0 Å². The van der Waals surface area contributed by atoms with Crippen LogP contribution in [0.4, 0.5) is 5.82 Å². The smallest absolute Gasteiger partial charge is 0.224 e. The number of ether oxygens (including phenoxy) is 1. The van der Waals surface area contributed by atoms with E-state index in [4.69, 9.17) is 16.3 Å². The Morgan fingerprint density at radius 1 is 1.17 bits per heavy atom. The SMILES string of the molecule is CCC(=O)N1CCN(c2cc(Oc3ccc(Cl)cc3)ncn2)CC1. The van der Waals surface area contributed by atoms with Crippen molar-refractivity contribution in [1.82, 2.24) is 14.9 Å². The second-order valence-corrected chi connectivity index (χ2v) is 5.93. The molecular weight excluding hydrogens is 328 g/mol. The average molecular weight is 347 g/mol. The van der Waals surface area contributed by atoms with Gasteiger partial charge in [-0.15, -0.1) is 0 Å². The van der Waals surface area contributed by atoms with E-state index in [2.05, 4.69) is 14.9 Å². The van der Waals surface area contributed by atoms with Gasteiger partial charge in [-0.25, -0.2) is 9.97 Å². The number of carbonyl (C=O) groups excluding carboxylic acids is 1. The molecule has 6 nitrogen and oxygen atoms in total. The molecule has 24 heavy (non-hydrogen) atoms. The van der Waals surface area contributed by atoms with Crippen LogP contribution in [-0.4, -0.2) is 47.0 Å². The number of halogens is 1. The molecule has 0 spiro atoms. The highest BCUT2D eigenvalue weighted by molar-refractivity contribution is 6.30. The minimum atomic E-state index is 0.198. The van der Waals surface area contributed by atoms with E-state index >= 15 is 0 Å². The zero-order valence-corrected chi connectivity index (χ0v) is 14.2. The first kappa shape index (κ1) is 16.5. The van der Waals surface area contributed by atoms with Crippen LogP contribution >= 0.6 is 11.6 Å². The molecule has 1 aromatic carbocycles. The first-order chi connectivity index (χ1) is 11.7. The molecule has 2 heterocycles. The van der Waals surface area contributed by atoms with Crippen molar-refractivity contribution in [2.24, 2.45) is 0 Å². The highest BCUT2D eigenvalue weighted by Gasteiger charge is 2.21. The Labute approximate surface area is 146 Å². The van der Waals surface area contributed by atoms with Crippen molar-refractivity contribution in [2.75, 3.05) is 31.1 Å². The van der Waals surface area contributed by atoms with E-state index in [9.17, 15) is 4.79 Å². The van der Waals surface area contributed by atoms with E-state index in [1.807, 2.05) is 17.9 Å². The van der Waals surface area contributed by atoms with Gasteiger partial charge in [-0.05, 0) is 24.3 Å². The summed E-state index contributed by atoms with van der Waals surface area (Å²) in [7, 11) is 0. The molecule has 1 saturated heterocycles. The number of hydrogen-bond acceptors (Lipinski definition) is 5. The number of benzene rings is 1. The predicted molar refractivity (Wildman–Crippen MR) is 92.6 cm³/mol. The quantitative estimate of drug-likeness (QED) is 0.851. The zero-order chi connectivity index (χ0) is 16.9. The molecule has 0 atom stereocenters. The second kappa shape index (κ2) is 7.49. The minimum absolute atomic E-state index is 0.198. The van der Waals surface area contributed by atoms with Gasteiger partial charge in [-0.3, -0.25) is 4.79 Å². The lowest BCUT2D eigenvalue weighted by Crippen LogP contribution is -2.48. The fourth-order valence-corrected chi connectivity index (χ4v) is 2.72. The van der Waals surface area contributed by atoms with Gasteiger partial charge in [0.15, 0.2) is 0 Å². The van der Waals surface area contributed by atoms with E-state index in [-0.39, 0.29) is 5.91 Å². The van der Waals surface area contributed by atoms with Gasteiger partial charge in [0.1, 0.15) is 17.9 Å². The van der Waals surface area contributed by atoms with Crippen molar-refractivity contribution in [3.05, 3.63) is 41.7 Å². The Balaban J connectivity index is 1.65. The normalized spacial score (nSPS) is 14.6. The van der Waals surface area contributed by atoms with Gasteiger partial charge in [-0.1, -0.05) is 18.5 Å². The number of rotatable bonds is 4. The Morgan fingerprint density at radius 2 is 1.88 bits per heavy atom. The van der Waals surface area contributed by atoms with Crippen LogP contribution in [-0.2, 0) is 4.79 Å². The lowest BCUT2D eigenvalue weighted by Gasteiger charge is -2.35. The maximum absolute atomic E-state index is 11.7. The predicted octanol–water partition coefficient (Wildman–Crippen LogP) is 2.98. The maximum atomic E-state index is 11.7. The molecule has 1 amide bonds. The molecule has 1 aromatic heterocycles. The number of hydrogen-bond donors (Lipinski definition) is 0. The molecule has 126 valence electrons. The summed E-state index contributed by atoms with van der Waals surface area (Å²) in [5.74, 6) is 2.15. The molecule has 1 aliphatic rings. The fourth-order valence-electron chi connectivity index (χ4n) is 2.59.